The third kappa shape index (κ3) is 6.52. The minimum atomic E-state index is -4.68. The van der Waals surface area contributed by atoms with Crippen LogP contribution in [0.25, 0.3) is 11.3 Å². The molecule has 2 aromatic heterocycles. The van der Waals surface area contributed by atoms with Crippen molar-refractivity contribution in [3.63, 3.8) is 0 Å². The van der Waals surface area contributed by atoms with E-state index in [4.69, 9.17) is 16.3 Å². The first-order valence-electron chi connectivity index (χ1n) is 10.2. The Labute approximate surface area is 197 Å². The van der Waals surface area contributed by atoms with Crippen molar-refractivity contribution in [1.29, 1.82) is 0 Å². The summed E-state index contributed by atoms with van der Waals surface area (Å²) in [7, 11) is 0. The fourth-order valence-electron chi connectivity index (χ4n) is 3.27. The van der Waals surface area contributed by atoms with Crippen LogP contribution in [0, 0.1) is 0 Å². The van der Waals surface area contributed by atoms with E-state index in [9.17, 15) is 27.2 Å². The van der Waals surface area contributed by atoms with Crippen molar-refractivity contribution in [1.82, 2.24) is 25.2 Å². The molecule has 0 saturated carbocycles. The van der Waals surface area contributed by atoms with Crippen molar-refractivity contribution in [2.24, 2.45) is 0 Å². The summed E-state index contributed by atoms with van der Waals surface area (Å²) in [6.07, 6.45) is -5.07. The number of carbonyl (C=O) groups is 2. The lowest BCUT2D eigenvalue weighted by Crippen LogP contribution is -2.47. The van der Waals surface area contributed by atoms with Gasteiger partial charge in [-0.1, -0.05) is 11.6 Å². The van der Waals surface area contributed by atoms with Crippen LogP contribution in [0.2, 0.25) is 5.15 Å². The van der Waals surface area contributed by atoms with Gasteiger partial charge in [0.05, 0.1) is 12.2 Å². The largest absolute Gasteiger partial charge is 0.451 e. The number of alkyl halides is 4. The number of hydrogen-bond donors (Lipinski definition) is 1. The monoisotopic (exact) mass is 503 g/mol. The fourth-order valence-corrected chi connectivity index (χ4v) is 3.50. The molecule has 1 aliphatic heterocycles. The molecular formula is C21H22ClF4N5O3. The minimum Gasteiger partial charge on any atom is -0.444 e. The number of aromatic nitrogens is 3. The van der Waals surface area contributed by atoms with Gasteiger partial charge in [0.25, 0.3) is 0 Å². The first kappa shape index (κ1) is 25.6. The van der Waals surface area contributed by atoms with E-state index in [2.05, 4.69) is 20.3 Å². The van der Waals surface area contributed by atoms with Crippen LogP contribution in [0.1, 0.15) is 38.6 Å². The molecule has 34 heavy (non-hydrogen) atoms. The van der Waals surface area contributed by atoms with E-state index >= 15 is 0 Å². The minimum absolute atomic E-state index is 0.0294. The highest BCUT2D eigenvalue weighted by Crippen LogP contribution is 2.28. The summed E-state index contributed by atoms with van der Waals surface area (Å²) >= 11 is 6.03. The van der Waals surface area contributed by atoms with Crippen LogP contribution in [-0.4, -0.2) is 56.2 Å². The molecule has 0 radical (unpaired) electrons. The maximum Gasteiger partial charge on any atom is 0.451 e. The van der Waals surface area contributed by atoms with Gasteiger partial charge < -0.3 is 10.1 Å². The second-order valence-electron chi connectivity index (χ2n) is 8.68. The summed E-state index contributed by atoms with van der Waals surface area (Å²) in [6.45, 7) is 4.68. The third-order valence-corrected chi connectivity index (χ3v) is 4.90. The Morgan fingerprint density at radius 3 is 2.44 bits per heavy atom. The standard InChI is InChI=1S/C21H22ClF4N5O3/c1-20(2,3)34-19(33)31-10-13(23)6-15(31)17(32)27-7-11-4-14(30-16(22)5-11)12-8-28-18(29-9-12)21(24,25)26/h4-5,8-9,13,15H,6-7,10H2,1-3H3,(H,27,32)/t13-,15+/m1/s1. The highest BCUT2D eigenvalue weighted by molar-refractivity contribution is 6.29. The number of nitrogens with one attached hydrogen (secondary N) is 1. The average molecular weight is 504 g/mol. The van der Waals surface area contributed by atoms with Gasteiger partial charge in [0, 0.05) is 30.9 Å². The topological polar surface area (TPSA) is 97.3 Å². The highest BCUT2D eigenvalue weighted by Gasteiger charge is 2.41. The third-order valence-electron chi connectivity index (χ3n) is 4.70. The highest BCUT2D eigenvalue weighted by atomic mass is 35.5. The quantitative estimate of drug-likeness (QED) is 0.497. The van der Waals surface area contributed by atoms with Crippen molar-refractivity contribution in [2.75, 3.05) is 6.54 Å². The predicted molar refractivity (Wildman–Crippen MR) is 113 cm³/mol. The first-order chi connectivity index (χ1) is 15.7. The second-order valence-corrected chi connectivity index (χ2v) is 9.06. The van der Waals surface area contributed by atoms with Gasteiger partial charge in [-0.25, -0.2) is 24.1 Å². The smallest absolute Gasteiger partial charge is 0.444 e. The molecule has 1 N–H and O–H groups in total. The molecule has 1 aliphatic rings. The molecule has 8 nitrogen and oxygen atoms in total. The van der Waals surface area contributed by atoms with Crippen molar-refractivity contribution < 1.29 is 31.9 Å². The van der Waals surface area contributed by atoms with Gasteiger partial charge >= 0.3 is 12.3 Å². The van der Waals surface area contributed by atoms with Crippen LogP contribution in [0.15, 0.2) is 24.5 Å². The van der Waals surface area contributed by atoms with E-state index in [1.165, 1.54) is 12.1 Å². The van der Waals surface area contributed by atoms with Crippen molar-refractivity contribution in [3.8, 4) is 11.3 Å². The Hall–Kier alpha value is -3.02. The predicted octanol–water partition coefficient (Wildman–Crippen LogP) is 4.17. The first-order valence-corrected chi connectivity index (χ1v) is 10.6. The van der Waals surface area contributed by atoms with Crippen LogP contribution in [0.4, 0.5) is 22.4 Å². The molecular weight excluding hydrogens is 482 g/mol. The number of amides is 2. The van der Waals surface area contributed by atoms with E-state index in [1.54, 1.807) is 20.8 Å². The number of nitrogens with zero attached hydrogens (tertiary/aromatic N) is 4. The van der Waals surface area contributed by atoms with Gasteiger partial charge in [-0.2, -0.15) is 13.2 Å². The zero-order valence-electron chi connectivity index (χ0n) is 18.5. The zero-order chi connectivity index (χ0) is 25.3. The number of pyridine rings is 1. The maximum atomic E-state index is 14.0. The van der Waals surface area contributed by atoms with Crippen LogP contribution in [-0.2, 0) is 22.3 Å². The van der Waals surface area contributed by atoms with Gasteiger partial charge in [-0.3, -0.25) is 9.69 Å². The summed E-state index contributed by atoms with van der Waals surface area (Å²) in [4.78, 5) is 36.8. The molecule has 0 bridgehead atoms. The van der Waals surface area contributed by atoms with E-state index in [0.29, 0.717) is 5.56 Å². The van der Waals surface area contributed by atoms with Crippen molar-refractivity contribution in [3.05, 3.63) is 41.1 Å². The number of hydrogen-bond acceptors (Lipinski definition) is 6. The van der Waals surface area contributed by atoms with Gasteiger partial charge in [0.2, 0.25) is 11.7 Å². The molecule has 3 rings (SSSR count). The Balaban J connectivity index is 1.71. The number of ether oxygens (including phenoxy) is 1. The van der Waals surface area contributed by atoms with Crippen LogP contribution in [0.5, 0.6) is 0 Å². The van der Waals surface area contributed by atoms with Crippen LogP contribution >= 0.6 is 11.6 Å². The van der Waals surface area contributed by atoms with E-state index in [0.717, 1.165) is 17.3 Å². The summed E-state index contributed by atoms with van der Waals surface area (Å²) in [5.41, 5.74) is 0.0567. The Morgan fingerprint density at radius 2 is 1.85 bits per heavy atom. The summed E-state index contributed by atoms with van der Waals surface area (Å²) < 4.78 is 57.3. The fraction of sp³-hybridized carbons (Fsp3) is 0.476. The summed E-state index contributed by atoms with van der Waals surface area (Å²) in [5, 5.41) is 2.65. The molecule has 0 aliphatic carbocycles. The lowest BCUT2D eigenvalue weighted by Gasteiger charge is -2.27. The number of halogens is 5. The summed E-state index contributed by atoms with van der Waals surface area (Å²) in [6, 6.07) is 1.90. The molecule has 184 valence electrons. The van der Waals surface area contributed by atoms with E-state index < -0.39 is 41.8 Å². The molecule has 0 aromatic carbocycles. The van der Waals surface area contributed by atoms with Crippen molar-refractivity contribution >= 4 is 23.6 Å². The van der Waals surface area contributed by atoms with Crippen molar-refractivity contribution in [2.45, 2.75) is 57.7 Å². The molecule has 3 heterocycles. The van der Waals surface area contributed by atoms with Gasteiger partial charge in [-0.05, 0) is 38.5 Å². The normalized spacial score (nSPS) is 18.6. The Bertz CT molecular complexity index is 1060. The van der Waals surface area contributed by atoms with Gasteiger partial charge in [0.15, 0.2) is 0 Å². The molecule has 13 heteroatoms. The lowest BCUT2D eigenvalue weighted by molar-refractivity contribution is -0.145. The second kappa shape index (κ2) is 9.69. The summed E-state index contributed by atoms with van der Waals surface area (Å²) in [5.74, 6) is -1.87. The SMILES string of the molecule is CC(C)(C)OC(=O)N1C[C@H](F)C[C@H]1C(=O)NCc1cc(Cl)nc(-c2cnc(C(F)(F)F)nc2)c1. The average Bonchev–Trinajstić information content (AvgIpc) is 3.12. The van der Waals surface area contributed by atoms with Gasteiger partial charge in [-0.15, -0.1) is 0 Å². The molecule has 2 amide bonds. The van der Waals surface area contributed by atoms with E-state index in [-0.39, 0.29) is 35.9 Å². The number of carbonyl (C=O) groups excluding carboxylic acids is 2. The zero-order valence-corrected chi connectivity index (χ0v) is 19.2. The molecule has 0 spiro atoms. The maximum absolute atomic E-state index is 14.0. The Morgan fingerprint density at radius 1 is 1.21 bits per heavy atom. The Kier molecular flexibility index (Phi) is 7.29. The molecule has 1 fully saturated rings. The molecule has 2 atom stereocenters. The lowest BCUT2D eigenvalue weighted by atomic mass is 10.1. The molecule has 2 aromatic rings. The number of rotatable bonds is 4. The van der Waals surface area contributed by atoms with Crippen LogP contribution < -0.4 is 5.32 Å². The molecule has 0 unspecified atom stereocenters. The van der Waals surface area contributed by atoms with Gasteiger partial charge in [0.1, 0.15) is 23.0 Å². The van der Waals surface area contributed by atoms with Crippen LogP contribution in [0.3, 0.4) is 0 Å². The molecule has 1 saturated heterocycles. The van der Waals surface area contributed by atoms with E-state index in [1.807, 2.05) is 0 Å². The number of likely N-dealkylation sites (tertiary alicyclic amines) is 1.